The van der Waals surface area contributed by atoms with E-state index in [2.05, 4.69) is 125 Å². The van der Waals surface area contributed by atoms with E-state index in [0.29, 0.717) is 29.7 Å². The minimum absolute atomic E-state index is 0.00712. The predicted molar refractivity (Wildman–Crippen MR) is 237 cm³/mol. The molecule has 9 unspecified atom stereocenters. The van der Waals surface area contributed by atoms with Gasteiger partial charge < -0.3 is 14.5 Å². The van der Waals surface area contributed by atoms with Crippen molar-refractivity contribution in [2.75, 3.05) is 4.90 Å². The van der Waals surface area contributed by atoms with Crippen molar-refractivity contribution in [3.8, 4) is 5.75 Å². The van der Waals surface area contributed by atoms with Gasteiger partial charge in [-0.25, -0.2) is 4.39 Å². The summed E-state index contributed by atoms with van der Waals surface area (Å²) in [6.07, 6.45) is 50.6. The highest BCUT2D eigenvalue weighted by atomic mass is 19.1. The second-order valence-corrected chi connectivity index (χ2v) is 18.6. The fourth-order valence-corrected chi connectivity index (χ4v) is 13.7. The third-order valence-electron chi connectivity index (χ3n) is 16.0. The highest BCUT2D eigenvalue weighted by Gasteiger charge is 2.56. The summed E-state index contributed by atoms with van der Waals surface area (Å²) in [6, 6.07) is 16.5. The Balaban J connectivity index is 1.02. The molecule has 59 heavy (non-hydrogen) atoms. The monoisotopic (exact) mass is 778 g/mol. The van der Waals surface area contributed by atoms with Crippen LogP contribution in [0.2, 0.25) is 0 Å². The number of rotatable bonds is 6. The molecule has 0 spiro atoms. The van der Waals surface area contributed by atoms with Gasteiger partial charge in [-0.1, -0.05) is 108 Å². The van der Waals surface area contributed by atoms with E-state index in [1.165, 1.54) is 67.6 Å². The Bertz CT molecular complexity index is 2410. The van der Waals surface area contributed by atoms with Gasteiger partial charge in [-0.2, -0.15) is 0 Å². The molecule has 0 amide bonds. The molecule has 9 atom stereocenters. The van der Waals surface area contributed by atoms with Gasteiger partial charge >= 0.3 is 0 Å². The van der Waals surface area contributed by atoms with Gasteiger partial charge in [0.25, 0.3) is 0 Å². The van der Waals surface area contributed by atoms with Crippen LogP contribution in [0.1, 0.15) is 88.5 Å². The second kappa shape index (κ2) is 14.3. The molecule has 0 aromatic heterocycles. The maximum absolute atomic E-state index is 14.2. The highest BCUT2D eigenvalue weighted by Crippen LogP contribution is 2.67. The summed E-state index contributed by atoms with van der Waals surface area (Å²) >= 11 is 0. The Labute approximate surface area is 349 Å². The summed E-state index contributed by atoms with van der Waals surface area (Å²) in [7, 11) is 0. The van der Waals surface area contributed by atoms with Crippen molar-refractivity contribution < 1.29 is 9.13 Å². The average molecular weight is 779 g/mol. The van der Waals surface area contributed by atoms with Gasteiger partial charge in [0.2, 0.25) is 0 Å². The Kier molecular flexibility index (Phi) is 8.67. The zero-order valence-electron chi connectivity index (χ0n) is 34.1. The van der Waals surface area contributed by atoms with E-state index in [0.717, 1.165) is 43.5 Å². The molecule has 12 rings (SSSR count). The molecule has 2 aromatic rings. The number of hydrogen-bond donors (Lipinski definition) is 0. The number of halogens is 1. The number of benzene rings is 2. The zero-order chi connectivity index (χ0) is 39.1. The van der Waals surface area contributed by atoms with Crippen molar-refractivity contribution in [1.82, 2.24) is 4.90 Å². The minimum atomic E-state index is -0.178. The van der Waals surface area contributed by atoms with E-state index in [1.807, 2.05) is 17.7 Å². The van der Waals surface area contributed by atoms with Crippen LogP contribution in [0, 0.1) is 34.9 Å². The van der Waals surface area contributed by atoms with E-state index >= 15 is 0 Å². The highest BCUT2D eigenvalue weighted by molar-refractivity contribution is 5.61. The van der Waals surface area contributed by atoms with Crippen LogP contribution in [-0.4, -0.2) is 23.1 Å². The van der Waals surface area contributed by atoms with Crippen LogP contribution in [0.3, 0.4) is 0 Å². The maximum Gasteiger partial charge on any atom is 0.130 e. The molecule has 10 aliphatic rings. The lowest BCUT2D eigenvalue weighted by Gasteiger charge is -2.47. The molecule has 4 heteroatoms. The third kappa shape index (κ3) is 5.50. The van der Waals surface area contributed by atoms with Crippen LogP contribution in [0.15, 0.2) is 179 Å². The van der Waals surface area contributed by atoms with Gasteiger partial charge in [0.05, 0.1) is 12.0 Å². The zero-order valence-corrected chi connectivity index (χ0v) is 34.1. The lowest BCUT2D eigenvalue weighted by Crippen LogP contribution is -2.40. The Morgan fingerprint density at radius 1 is 0.780 bits per heavy atom. The van der Waals surface area contributed by atoms with Crippen molar-refractivity contribution in [1.29, 1.82) is 0 Å². The van der Waals surface area contributed by atoms with E-state index < -0.39 is 0 Å². The van der Waals surface area contributed by atoms with Crippen LogP contribution >= 0.6 is 0 Å². The first-order valence-electron chi connectivity index (χ1n) is 22.9. The van der Waals surface area contributed by atoms with Crippen molar-refractivity contribution in [2.24, 2.45) is 29.1 Å². The van der Waals surface area contributed by atoms with Crippen molar-refractivity contribution in [2.45, 2.75) is 101 Å². The normalized spacial score (nSPS) is 34.7. The number of ether oxygens (including phenoxy) is 1. The van der Waals surface area contributed by atoms with E-state index in [-0.39, 0.29) is 29.3 Å². The molecule has 1 fully saturated rings. The summed E-state index contributed by atoms with van der Waals surface area (Å²) in [5.74, 6) is 2.73. The summed E-state index contributed by atoms with van der Waals surface area (Å²) in [5.41, 5.74) is 13.5. The van der Waals surface area contributed by atoms with Crippen LogP contribution in [0.5, 0.6) is 5.75 Å². The number of allylic oxidation sites excluding steroid dienone is 16. The van der Waals surface area contributed by atoms with Gasteiger partial charge in [0, 0.05) is 57.6 Å². The molecule has 0 saturated carbocycles. The maximum atomic E-state index is 14.2. The molecule has 1 saturated heterocycles. The molecule has 2 aliphatic heterocycles. The second-order valence-electron chi connectivity index (χ2n) is 18.6. The van der Waals surface area contributed by atoms with Gasteiger partial charge in [0.1, 0.15) is 17.7 Å². The van der Waals surface area contributed by atoms with Crippen LogP contribution in [-0.2, 0) is 0 Å². The van der Waals surface area contributed by atoms with Gasteiger partial charge in [-0.3, -0.25) is 0 Å². The molecular formula is C55H55FN2O. The average Bonchev–Trinajstić information content (AvgIpc) is 3.94. The van der Waals surface area contributed by atoms with E-state index in [9.17, 15) is 4.39 Å². The number of hydrogen-bond acceptors (Lipinski definition) is 3. The summed E-state index contributed by atoms with van der Waals surface area (Å²) in [6.45, 7) is 0. The Hall–Kier alpha value is -5.09. The number of fused-ring (bicyclic) bond motifs is 8. The molecule has 2 heterocycles. The molecule has 0 N–H and O–H groups in total. The van der Waals surface area contributed by atoms with Gasteiger partial charge in [-0.15, -0.1) is 0 Å². The first kappa shape index (κ1) is 35.8. The molecule has 0 radical (unpaired) electrons. The molecule has 2 aromatic carbocycles. The molecule has 3 nitrogen and oxygen atoms in total. The Morgan fingerprint density at radius 3 is 2.56 bits per heavy atom. The fraction of sp³-hybridized carbons (Fsp3) is 0.382. The molecule has 0 bridgehead atoms. The van der Waals surface area contributed by atoms with E-state index in [4.69, 9.17) is 4.74 Å². The largest absolute Gasteiger partial charge is 0.485 e. The van der Waals surface area contributed by atoms with Crippen LogP contribution in [0.4, 0.5) is 10.1 Å². The van der Waals surface area contributed by atoms with E-state index in [1.54, 1.807) is 28.9 Å². The summed E-state index contributed by atoms with van der Waals surface area (Å²) in [5, 5.41) is 0. The van der Waals surface area contributed by atoms with Crippen molar-refractivity contribution >= 4 is 5.69 Å². The smallest absolute Gasteiger partial charge is 0.130 e. The fourth-order valence-electron chi connectivity index (χ4n) is 13.7. The first-order valence-corrected chi connectivity index (χ1v) is 22.9. The topological polar surface area (TPSA) is 15.7 Å². The third-order valence-corrected chi connectivity index (χ3v) is 16.0. The summed E-state index contributed by atoms with van der Waals surface area (Å²) in [4.78, 5) is 5.34. The standard InChI is InChI=1S/C55H55FN2O/c56-38-26-28-39(29-27-38)58-49-22-11-8-19-44(49)46-34-40(31-33-50(46)58)57(51-23-13-25-53-54(51)45-20-9-12-24-52(45)59-53)41-30-32-43-42-18-7-10-21-47(42)55(48(43)35-41,36-14-3-1-4-15-36)37-16-5-2-6-17-37/h1-3,5,8-9,11-14,19-20,22-30,34-35,37,43-44,46,49-50,53-54H,4,6-7,10,15-18,21,31-33H2. The minimum Gasteiger partial charge on any atom is -0.485 e. The van der Waals surface area contributed by atoms with Crippen molar-refractivity contribution in [3.63, 3.8) is 0 Å². The Morgan fingerprint density at radius 2 is 1.68 bits per heavy atom. The first-order chi connectivity index (χ1) is 29.2. The van der Waals surface area contributed by atoms with Gasteiger partial charge in [0.15, 0.2) is 0 Å². The number of nitrogens with zero attached hydrogens (tertiary/aromatic N) is 2. The quantitative estimate of drug-likeness (QED) is 0.272. The summed E-state index contributed by atoms with van der Waals surface area (Å²) < 4.78 is 21.0. The molecule has 8 aliphatic carbocycles. The predicted octanol–water partition coefficient (Wildman–Crippen LogP) is 13.1. The SMILES string of the molecule is Fc1ccc(N2C3C=CC=CC3C3C=C(N(C4=CCC5C(=C4)C(C4=CC=CCC4)(C4CC=CCC4)C4=C5CCCC4)C4=CC=CC5Oc6ccccc6C45)CCC32)cc1. The van der Waals surface area contributed by atoms with Gasteiger partial charge in [-0.05, 0) is 137 Å². The van der Waals surface area contributed by atoms with Crippen LogP contribution in [0.25, 0.3) is 0 Å². The lowest BCUT2D eigenvalue weighted by atomic mass is 9.56. The van der Waals surface area contributed by atoms with Crippen molar-refractivity contribution in [3.05, 3.63) is 190 Å². The van der Waals surface area contributed by atoms with Crippen LogP contribution < -0.4 is 9.64 Å². The number of para-hydroxylation sites is 1. The molecular weight excluding hydrogens is 724 g/mol. The number of anilines is 1. The lowest BCUT2D eigenvalue weighted by molar-refractivity contribution is 0.249. The molecule has 298 valence electrons.